The molecule has 0 saturated carbocycles. The van der Waals surface area contributed by atoms with E-state index in [1.54, 1.807) is 23.5 Å². The molecule has 0 N–H and O–H groups in total. The Hall–Kier alpha value is -3.77. The number of rotatable bonds is 6. The van der Waals surface area contributed by atoms with Crippen molar-refractivity contribution in [2.75, 3.05) is 0 Å². The summed E-state index contributed by atoms with van der Waals surface area (Å²) in [6, 6.07) is 23.9. The minimum absolute atomic E-state index is 0.270. The number of ether oxygens (including phenoxy) is 2. The lowest BCUT2D eigenvalue weighted by Gasteiger charge is -2.10. The van der Waals surface area contributed by atoms with Crippen molar-refractivity contribution >= 4 is 21.6 Å². The van der Waals surface area contributed by atoms with Crippen molar-refractivity contribution in [2.24, 2.45) is 0 Å². The van der Waals surface area contributed by atoms with Crippen LogP contribution in [0.15, 0.2) is 85.2 Å². The van der Waals surface area contributed by atoms with Crippen LogP contribution in [-0.2, 0) is 6.61 Å². The first-order chi connectivity index (χ1) is 15.7. The summed E-state index contributed by atoms with van der Waals surface area (Å²) in [5, 5.41) is 0.825. The third-order valence-corrected chi connectivity index (χ3v) is 6.06. The number of fused-ring (bicyclic) bond motifs is 1. The SMILES string of the molecule is Cc1sc2ncnc(Oc3ccc(OCc4ccccc4)cc3)c2c1-c1ccc(F)cc1. The minimum atomic E-state index is -0.270. The average Bonchev–Trinajstić information content (AvgIpc) is 3.17. The predicted octanol–water partition coefficient (Wildman–Crippen LogP) is 7.18. The highest BCUT2D eigenvalue weighted by atomic mass is 32.1. The molecule has 0 aliphatic carbocycles. The molecule has 0 amide bonds. The molecule has 0 atom stereocenters. The minimum Gasteiger partial charge on any atom is -0.489 e. The van der Waals surface area contributed by atoms with Gasteiger partial charge in [0, 0.05) is 10.4 Å². The maximum Gasteiger partial charge on any atom is 0.231 e. The van der Waals surface area contributed by atoms with Crippen LogP contribution in [0.25, 0.3) is 21.3 Å². The van der Waals surface area contributed by atoms with Gasteiger partial charge in [0.05, 0.1) is 5.39 Å². The Labute approximate surface area is 188 Å². The van der Waals surface area contributed by atoms with Gasteiger partial charge in [-0.05, 0) is 54.4 Å². The first-order valence-electron chi connectivity index (χ1n) is 10.1. The van der Waals surface area contributed by atoms with Gasteiger partial charge in [-0.3, -0.25) is 0 Å². The molecule has 0 aliphatic heterocycles. The van der Waals surface area contributed by atoms with E-state index in [4.69, 9.17) is 9.47 Å². The molecule has 0 unspecified atom stereocenters. The molecule has 32 heavy (non-hydrogen) atoms. The lowest BCUT2D eigenvalue weighted by atomic mass is 10.0. The van der Waals surface area contributed by atoms with Gasteiger partial charge >= 0.3 is 0 Å². The normalized spacial score (nSPS) is 10.9. The molecule has 4 nitrogen and oxygen atoms in total. The van der Waals surface area contributed by atoms with Crippen LogP contribution in [0.1, 0.15) is 10.4 Å². The van der Waals surface area contributed by atoms with Crippen molar-refractivity contribution in [1.29, 1.82) is 0 Å². The number of halogens is 1. The summed E-state index contributed by atoms with van der Waals surface area (Å²) >= 11 is 1.56. The van der Waals surface area contributed by atoms with Crippen molar-refractivity contribution in [3.8, 4) is 28.5 Å². The maximum absolute atomic E-state index is 13.4. The number of thiophene rings is 1. The van der Waals surface area contributed by atoms with Gasteiger partial charge < -0.3 is 9.47 Å². The highest BCUT2D eigenvalue weighted by molar-refractivity contribution is 7.19. The molecule has 2 aromatic heterocycles. The second-order valence-corrected chi connectivity index (χ2v) is 8.45. The van der Waals surface area contributed by atoms with Crippen molar-refractivity contribution in [3.05, 3.63) is 101 Å². The Balaban J connectivity index is 1.41. The number of nitrogens with zero attached hydrogens (tertiary/aromatic N) is 2. The largest absolute Gasteiger partial charge is 0.489 e. The lowest BCUT2D eigenvalue weighted by Crippen LogP contribution is -1.95. The molecule has 158 valence electrons. The number of benzene rings is 3. The predicted molar refractivity (Wildman–Crippen MR) is 125 cm³/mol. The van der Waals surface area contributed by atoms with Gasteiger partial charge in [-0.1, -0.05) is 42.5 Å². The summed E-state index contributed by atoms with van der Waals surface area (Å²) < 4.78 is 25.4. The fourth-order valence-corrected chi connectivity index (χ4v) is 4.52. The molecule has 2 heterocycles. The third-order valence-electron chi connectivity index (χ3n) is 5.05. The summed E-state index contributed by atoms with van der Waals surface area (Å²) in [5.41, 5.74) is 2.97. The maximum atomic E-state index is 13.4. The van der Waals surface area contributed by atoms with Gasteiger partial charge in [-0.25, -0.2) is 14.4 Å². The zero-order chi connectivity index (χ0) is 21.9. The van der Waals surface area contributed by atoms with E-state index in [1.165, 1.54) is 18.5 Å². The quantitative estimate of drug-likeness (QED) is 0.279. The molecule has 0 radical (unpaired) electrons. The summed E-state index contributed by atoms with van der Waals surface area (Å²) in [6.45, 7) is 2.52. The van der Waals surface area contributed by atoms with Gasteiger partial charge in [0.25, 0.3) is 0 Å². The Bertz CT molecular complexity index is 1350. The van der Waals surface area contributed by atoms with E-state index < -0.39 is 0 Å². The highest BCUT2D eigenvalue weighted by Gasteiger charge is 2.18. The van der Waals surface area contributed by atoms with Crippen molar-refractivity contribution in [2.45, 2.75) is 13.5 Å². The Morgan fingerprint density at radius 1 is 0.844 bits per heavy atom. The topological polar surface area (TPSA) is 44.2 Å². The number of hydrogen-bond donors (Lipinski definition) is 0. The molecule has 0 bridgehead atoms. The van der Waals surface area contributed by atoms with Gasteiger partial charge in [0.2, 0.25) is 5.88 Å². The monoisotopic (exact) mass is 442 g/mol. The number of hydrogen-bond acceptors (Lipinski definition) is 5. The number of aryl methyl sites for hydroxylation is 1. The van der Waals surface area contributed by atoms with Gasteiger partial charge in [0.1, 0.15) is 35.1 Å². The van der Waals surface area contributed by atoms with E-state index >= 15 is 0 Å². The van der Waals surface area contributed by atoms with Crippen molar-refractivity contribution in [1.82, 2.24) is 9.97 Å². The van der Waals surface area contributed by atoms with Crippen molar-refractivity contribution < 1.29 is 13.9 Å². The van der Waals surface area contributed by atoms with Crippen LogP contribution >= 0.6 is 11.3 Å². The standard InChI is InChI=1S/C26H19FN2O2S/c1-17-23(19-7-9-20(27)10-8-19)24-25(28-16-29-26(24)32-17)31-22-13-11-21(12-14-22)30-15-18-5-3-2-4-6-18/h2-14,16H,15H2,1H3. The van der Waals surface area contributed by atoms with Crippen LogP contribution in [-0.4, -0.2) is 9.97 Å². The third kappa shape index (κ3) is 4.18. The van der Waals surface area contributed by atoms with Gasteiger partial charge in [0.15, 0.2) is 0 Å². The van der Waals surface area contributed by atoms with Crippen LogP contribution in [0, 0.1) is 12.7 Å². The molecule has 5 aromatic rings. The van der Waals surface area contributed by atoms with E-state index in [-0.39, 0.29) is 5.82 Å². The van der Waals surface area contributed by atoms with E-state index in [2.05, 4.69) is 9.97 Å². The Morgan fingerprint density at radius 2 is 1.56 bits per heavy atom. The second-order valence-electron chi connectivity index (χ2n) is 7.25. The fraction of sp³-hybridized carbons (Fsp3) is 0.0769. The van der Waals surface area contributed by atoms with Crippen LogP contribution < -0.4 is 9.47 Å². The average molecular weight is 443 g/mol. The summed E-state index contributed by atoms with van der Waals surface area (Å²) in [4.78, 5) is 10.7. The van der Waals surface area contributed by atoms with Crippen LogP contribution in [0.2, 0.25) is 0 Å². The fourth-order valence-electron chi connectivity index (χ4n) is 3.52. The molecule has 0 saturated heterocycles. The van der Waals surface area contributed by atoms with Crippen LogP contribution in [0.4, 0.5) is 4.39 Å². The molecule has 0 fully saturated rings. The van der Waals surface area contributed by atoms with Crippen LogP contribution in [0.5, 0.6) is 17.4 Å². The van der Waals surface area contributed by atoms with Crippen molar-refractivity contribution in [3.63, 3.8) is 0 Å². The molecule has 3 aromatic carbocycles. The molecule has 6 heteroatoms. The molecular formula is C26H19FN2O2S. The van der Waals surface area contributed by atoms with Crippen LogP contribution in [0.3, 0.4) is 0 Å². The zero-order valence-corrected chi connectivity index (χ0v) is 18.1. The molecular weight excluding hydrogens is 423 g/mol. The first-order valence-corrected chi connectivity index (χ1v) is 10.9. The summed E-state index contributed by atoms with van der Waals surface area (Å²) in [7, 11) is 0. The zero-order valence-electron chi connectivity index (χ0n) is 17.3. The lowest BCUT2D eigenvalue weighted by molar-refractivity contribution is 0.305. The molecule has 5 rings (SSSR count). The summed E-state index contributed by atoms with van der Waals surface area (Å²) in [5.74, 6) is 1.60. The van der Waals surface area contributed by atoms with E-state index in [0.29, 0.717) is 18.2 Å². The Kier molecular flexibility index (Phi) is 5.52. The van der Waals surface area contributed by atoms with Gasteiger partial charge in [-0.2, -0.15) is 0 Å². The van der Waals surface area contributed by atoms with E-state index in [9.17, 15) is 4.39 Å². The smallest absolute Gasteiger partial charge is 0.231 e. The first kappa shape index (κ1) is 20.2. The second kappa shape index (κ2) is 8.77. The van der Waals surface area contributed by atoms with Gasteiger partial charge in [-0.15, -0.1) is 11.3 Å². The summed E-state index contributed by atoms with van der Waals surface area (Å²) in [6.07, 6.45) is 1.50. The molecule has 0 aliphatic rings. The number of aromatic nitrogens is 2. The Morgan fingerprint density at radius 3 is 2.31 bits per heavy atom. The molecule has 0 spiro atoms. The van der Waals surface area contributed by atoms with E-state index in [0.717, 1.165) is 37.5 Å². The highest BCUT2D eigenvalue weighted by Crippen LogP contribution is 2.42. The van der Waals surface area contributed by atoms with E-state index in [1.807, 2.05) is 61.5 Å².